The van der Waals surface area contributed by atoms with E-state index in [4.69, 9.17) is 0 Å². The number of hydrogen-bond acceptors (Lipinski definition) is 3. The van der Waals surface area contributed by atoms with Crippen molar-refractivity contribution in [1.29, 1.82) is 0 Å². The van der Waals surface area contributed by atoms with Crippen molar-refractivity contribution in [2.45, 2.75) is 39.8 Å². The molecule has 0 heterocycles. The molecule has 0 radical (unpaired) electrons. The highest BCUT2D eigenvalue weighted by molar-refractivity contribution is 7.89. The van der Waals surface area contributed by atoms with E-state index < -0.39 is 10.0 Å². The summed E-state index contributed by atoms with van der Waals surface area (Å²) in [6, 6.07) is 9.69. The molecule has 1 rings (SSSR count). The highest BCUT2D eigenvalue weighted by Gasteiger charge is 2.24. The maximum atomic E-state index is 12.4. The fourth-order valence-electron chi connectivity index (χ4n) is 1.99. The van der Waals surface area contributed by atoms with Gasteiger partial charge in [-0.3, -0.25) is 0 Å². The first-order valence-corrected chi connectivity index (χ1v) is 8.82. The lowest BCUT2D eigenvalue weighted by atomic mass is 10.2. The number of nitrogens with zero attached hydrogens (tertiary/aromatic N) is 1. The number of sulfonamides is 1. The quantitative estimate of drug-likeness (QED) is 0.711. The molecule has 20 heavy (non-hydrogen) atoms. The van der Waals surface area contributed by atoms with Crippen LogP contribution in [0.3, 0.4) is 0 Å². The Hall–Kier alpha value is -0.910. The minimum atomic E-state index is -3.23. The smallest absolute Gasteiger partial charge is 0.215 e. The van der Waals surface area contributed by atoms with Crippen molar-refractivity contribution in [2.75, 3.05) is 18.8 Å². The van der Waals surface area contributed by atoms with Crippen molar-refractivity contribution in [3.05, 3.63) is 35.9 Å². The molecule has 0 aromatic heterocycles. The molecule has 0 saturated heterocycles. The van der Waals surface area contributed by atoms with E-state index in [1.807, 2.05) is 44.2 Å². The molecular formula is C15H26N2O2S. The summed E-state index contributed by atoms with van der Waals surface area (Å²) in [4.78, 5) is 0. The predicted molar refractivity (Wildman–Crippen MR) is 84.1 cm³/mol. The largest absolute Gasteiger partial charge is 0.316 e. The van der Waals surface area contributed by atoms with Gasteiger partial charge in [0.15, 0.2) is 0 Å². The van der Waals surface area contributed by atoms with Crippen molar-refractivity contribution in [3.63, 3.8) is 0 Å². The lowest BCUT2D eigenvalue weighted by molar-refractivity contribution is 0.347. The SMILES string of the molecule is CCCNCCS(=O)(=O)N(Cc1ccccc1)C(C)C. The highest BCUT2D eigenvalue weighted by Crippen LogP contribution is 2.13. The monoisotopic (exact) mass is 298 g/mol. The van der Waals surface area contributed by atoms with Crippen molar-refractivity contribution in [1.82, 2.24) is 9.62 Å². The van der Waals surface area contributed by atoms with Gasteiger partial charge in [-0.2, -0.15) is 4.31 Å². The van der Waals surface area contributed by atoms with E-state index in [0.29, 0.717) is 13.1 Å². The van der Waals surface area contributed by atoms with Crippen LogP contribution in [0.15, 0.2) is 30.3 Å². The van der Waals surface area contributed by atoms with Crippen LogP contribution in [0.4, 0.5) is 0 Å². The summed E-state index contributed by atoms with van der Waals surface area (Å²) in [5.74, 6) is 0.151. The summed E-state index contributed by atoms with van der Waals surface area (Å²) in [5.41, 5.74) is 1.02. The fraction of sp³-hybridized carbons (Fsp3) is 0.600. The number of hydrogen-bond donors (Lipinski definition) is 1. The second-order valence-corrected chi connectivity index (χ2v) is 7.23. The number of benzene rings is 1. The molecule has 0 aliphatic carbocycles. The summed E-state index contributed by atoms with van der Waals surface area (Å²) in [6.07, 6.45) is 1.01. The lowest BCUT2D eigenvalue weighted by Crippen LogP contribution is -2.40. The van der Waals surface area contributed by atoms with Gasteiger partial charge in [0.2, 0.25) is 10.0 Å². The van der Waals surface area contributed by atoms with Gasteiger partial charge < -0.3 is 5.32 Å². The molecule has 114 valence electrons. The van der Waals surface area contributed by atoms with Gasteiger partial charge in [0.25, 0.3) is 0 Å². The molecule has 0 amide bonds. The van der Waals surface area contributed by atoms with E-state index in [1.54, 1.807) is 4.31 Å². The van der Waals surface area contributed by atoms with E-state index in [9.17, 15) is 8.42 Å². The minimum Gasteiger partial charge on any atom is -0.316 e. The Morgan fingerprint density at radius 2 is 1.80 bits per heavy atom. The maximum Gasteiger partial charge on any atom is 0.215 e. The van der Waals surface area contributed by atoms with Crippen LogP contribution in [-0.2, 0) is 16.6 Å². The average molecular weight is 298 g/mol. The third-order valence-corrected chi connectivity index (χ3v) is 5.06. The highest BCUT2D eigenvalue weighted by atomic mass is 32.2. The lowest BCUT2D eigenvalue weighted by Gasteiger charge is -2.26. The molecule has 0 saturated carbocycles. The van der Waals surface area contributed by atoms with E-state index in [0.717, 1.165) is 18.5 Å². The molecule has 5 heteroatoms. The van der Waals surface area contributed by atoms with Crippen LogP contribution in [0, 0.1) is 0 Å². The van der Waals surface area contributed by atoms with E-state index in [2.05, 4.69) is 12.2 Å². The van der Waals surface area contributed by atoms with E-state index >= 15 is 0 Å². The van der Waals surface area contributed by atoms with Crippen molar-refractivity contribution in [3.8, 4) is 0 Å². The van der Waals surface area contributed by atoms with Crippen LogP contribution < -0.4 is 5.32 Å². The Bertz CT molecular complexity index is 472. The first-order valence-electron chi connectivity index (χ1n) is 7.21. The van der Waals surface area contributed by atoms with Gasteiger partial charge >= 0.3 is 0 Å². The maximum absolute atomic E-state index is 12.4. The molecule has 0 bridgehead atoms. The molecule has 0 aliphatic rings. The van der Waals surface area contributed by atoms with Gasteiger partial charge in [-0.1, -0.05) is 37.3 Å². The van der Waals surface area contributed by atoms with Crippen molar-refractivity contribution in [2.24, 2.45) is 0 Å². The van der Waals surface area contributed by atoms with Gasteiger partial charge in [-0.05, 0) is 32.4 Å². The Labute approximate surface area is 123 Å². The molecule has 0 fully saturated rings. The van der Waals surface area contributed by atoms with Crippen molar-refractivity contribution < 1.29 is 8.42 Å². The summed E-state index contributed by atoms with van der Waals surface area (Å²) in [6.45, 7) is 7.70. The summed E-state index contributed by atoms with van der Waals surface area (Å²) < 4.78 is 26.4. The molecule has 0 aliphatic heterocycles. The van der Waals surface area contributed by atoms with Crippen LogP contribution in [0.25, 0.3) is 0 Å². The molecule has 0 atom stereocenters. The summed E-state index contributed by atoms with van der Waals surface area (Å²) in [5, 5.41) is 3.14. The molecule has 1 aromatic rings. The molecule has 4 nitrogen and oxygen atoms in total. The second kappa shape index (κ2) is 8.39. The molecule has 1 N–H and O–H groups in total. The van der Waals surface area contributed by atoms with Gasteiger partial charge in [0, 0.05) is 19.1 Å². The van der Waals surface area contributed by atoms with Crippen LogP contribution in [-0.4, -0.2) is 37.6 Å². The summed E-state index contributed by atoms with van der Waals surface area (Å²) >= 11 is 0. The Morgan fingerprint density at radius 3 is 2.35 bits per heavy atom. The normalized spacial score (nSPS) is 12.2. The zero-order valence-electron chi connectivity index (χ0n) is 12.7. The van der Waals surface area contributed by atoms with Gasteiger partial charge in [0.1, 0.15) is 0 Å². The van der Waals surface area contributed by atoms with Crippen LogP contribution in [0.1, 0.15) is 32.8 Å². The molecular weight excluding hydrogens is 272 g/mol. The van der Waals surface area contributed by atoms with Gasteiger partial charge in [0.05, 0.1) is 5.75 Å². The average Bonchev–Trinajstić information content (AvgIpc) is 2.42. The van der Waals surface area contributed by atoms with Gasteiger partial charge in [-0.25, -0.2) is 8.42 Å². The third kappa shape index (κ3) is 5.61. The Morgan fingerprint density at radius 1 is 1.15 bits per heavy atom. The first kappa shape index (κ1) is 17.1. The van der Waals surface area contributed by atoms with Crippen molar-refractivity contribution >= 4 is 10.0 Å². The third-order valence-electron chi connectivity index (χ3n) is 3.08. The van der Waals surface area contributed by atoms with Gasteiger partial charge in [-0.15, -0.1) is 0 Å². The fourth-order valence-corrected chi connectivity index (χ4v) is 3.61. The van der Waals surface area contributed by atoms with Crippen LogP contribution in [0.5, 0.6) is 0 Å². The van der Waals surface area contributed by atoms with Crippen LogP contribution >= 0.6 is 0 Å². The molecule has 0 spiro atoms. The second-order valence-electron chi connectivity index (χ2n) is 5.19. The topological polar surface area (TPSA) is 49.4 Å². The number of rotatable bonds is 9. The summed E-state index contributed by atoms with van der Waals surface area (Å²) in [7, 11) is -3.23. The zero-order chi connectivity index (χ0) is 15.0. The Kier molecular flexibility index (Phi) is 7.19. The molecule has 0 unspecified atom stereocenters. The Balaban J connectivity index is 2.69. The van der Waals surface area contributed by atoms with E-state index in [-0.39, 0.29) is 11.8 Å². The van der Waals surface area contributed by atoms with Crippen LogP contribution in [0.2, 0.25) is 0 Å². The number of nitrogens with one attached hydrogen (secondary N) is 1. The van der Waals surface area contributed by atoms with E-state index in [1.165, 1.54) is 0 Å². The first-order chi connectivity index (χ1) is 9.47. The zero-order valence-corrected chi connectivity index (χ0v) is 13.5. The minimum absolute atomic E-state index is 0.0358. The predicted octanol–water partition coefficient (Wildman–Crippen LogP) is 2.23. The standard InChI is InChI=1S/C15H26N2O2S/c1-4-10-16-11-12-20(18,19)17(14(2)3)13-15-8-6-5-7-9-15/h5-9,14,16H,4,10-13H2,1-3H3. The molecule has 1 aromatic carbocycles.